The van der Waals surface area contributed by atoms with E-state index in [2.05, 4.69) is 15.4 Å². The number of methoxy groups -OCH3 is 1. The van der Waals surface area contributed by atoms with Gasteiger partial charge in [0.1, 0.15) is 18.7 Å². The second-order valence-corrected chi connectivity index (χ2v) is 5.68. The Morgan fingerprint density at radius 3 is 2.21 bits per heavy atom. The Kier molecular flexibility index (Phi) is 7.74. The molecule has 0 aliphatic heterocycles. The average molecular weight is 336 g/mol. The first-order valence-corrected chi connectivity index (χ1v) is 7.70. The molecule has 24 heavy (non-hydrogen) atoms. The molecule has 7 heteroatoms. The van der Waals surface area contributed by atoms with Crippen LogP contribution in [0.4, 0.5) is 4.79 Å². The summed E-state index contributed by atoms with van der Waals surface area (Å²) in [6.45, 7) is 5.19. The van der Waals surface area contributed by atoms with Crippen molar-refractivity contribution in [2.75, 3.05) is 7.11 Å². The second-order valence-electron chi connectivity index (χ2n) is 5.68. The van der Waals surface area contributed by atoms with Gasteiger partial charge < -0.3 is 20.1 Å². The highest BCUT2D eigenvalue weighted by Gasteiger charge is 2.27. The molecule has 2 amide bonds. The van der Waals surface area contributed by atoms with E-state index in [-0.39, 0.29) is 12.5 Å². The molecule has 0 aromatic heterocycles. The maximum absolute atomic E-state index is 12.1. The van der Waals surface area contributed by atoms with Crippen molar-refractivity contribution >= 4 is 18.0 Å². The van der Waals surface area contributed by atoms with Crippen LogP contribution in [0.1, 0.15) is 26.3 Å². The van der Waals surface area contributed by atoms with Gasteiger partial charge >= 0.3 is 12.1 Å². The Morgan fingerprint density at radius 1 is 1.04 bits per heavy atom. The second kappa shape index (κ2) is 9.54. The molecular formula is C17H24N2O5. The van der Waals surface area contributed by atoms with E-state index in [4.69, 9.17) is 4.74 Å². The highest BCUT2D eigenvalue weighted by atomic mass is 16.5. The van der Waals surface area contributed by atoms with Crippen molar-refractivity contribution in [3.05, 3.63) is 35.9 Å². The number of rotatable bonds is 7. The smallest absolute Gasteiger partial charge is 0.408 e. The van der Waals surface area contributed by atoms with Crippen LogP contribution in [0.2, 0.25) is 0 Å². The minimum absolute atomic E-state index is 0.109. The summed E-state index contributed by atoms with van der Waals surface area (Å²) in [7, 11) is 1.26. The van der Waals surface area contributed by atoms with Crippen LogP contribution < -0.4 is 10.6 Å². The van der Waals surface area contributed by atoms with Gasteiger partial charge in [0.2, 0.25) is 5.91 Å². The lowest BCUT2D eigenvalue weighted by molar-refractivity contribution is -0.146. The summed E-state index contributed by atoms with van der Waals surface area (Å²) in [5.41, 5.74) is 0.843. The van der Waals surface area contributed by atoms with Crippen molar-refractivity contribution in [3.8, 4) is 0 Å². The molecule has 1 aromatic carbocycles. The van der Waals surface area contributed by atoms with E-state index in [1.54, 1.807) is 13.8 Å². The topological polar surface area (TPSA) is 93.7 Å². The number of benzene rings is 1. The normalized spacial score (nSPS) is 12.9. The maximum atomic E-state index is 12.1. The molecule has 0 saturated carbocycles. The van der Waals surface area contributed by atoms with Gasteiger partial charge in [-0.1, -0.05) is 44.2 Å². The lowest BCUT2D eigenvalue weighted by Crippen LogP contribution is -2.52. The Bertz CT molecular complexity index is 559. The lowest BCUT2D eigenvalue weighted by atomic mass is 10.0. The van der Waals surface area contributed by atoms with Crippen LogP contribution in [0, 0.1) is 5.92 Å². The van der Waals surface area contributed by atoms with Gasteiger partial charge in [0.15, 0.2) is 0 Å². The first-order chi connectivity index (χ1) is 11.3. The first kappa shape index (κ1) is 19.5. The minimum Gasteiger partial charge on any atom is -0.467 e. The zero-order valence-electron chi connectivity index (χ0n) is 14.4. The SMILES string of the molecule is COC(=O)[C@H](NC(=O)[C@H](C)NC(=O)OCc1ccccc1)C(C)C. The summed E-state index contributed by atoms with van der Waals surface area (Å²) in [5.74, 6) is -1.16. The van der Waals surface area contributed by atoms with Gasteiger partial charge in [-0.2, -0.15) is 0 Å². The van der Waals surface area contributed by atoms with Crippen molar-refractivity contribution in [1.29, 1.82) is 0 Å². The summed E-state index contributed by atoms with van der Waals surface area (Å²) in [4.78, 5) is 35.5. The third-order valence-electron chi connectivity index (χ3n) is 3.36. The first-order valence-electron chi connectivity index (χ1n) is 7.70. The fourth-order valence-corrected chi connectivity index (χ4v) is 1.91. The summed E-state index contributed by atoms with van der Waals surface area (Å²) < 4.78 is 9.71. The van der Waals surface area contributed by atoms with Crippen molar-refractivity contribution in [1.82, 2.24) is 10.6 Å². The molecule has 0 unspecified atom stereocenters. The molecule has 0 heterocycles. The molecule has 2 atom stereocenters. The van der Waals surface area contributed by atoms with Gasteiger partial charge in [-0.05, 0) is 18.4 Å². The van der Waals surface area contributed by atoms with E-state index < -0.39 is 30.1 Å². The summed E-state index contributed by atoms with van der Waals surface area (Å²) >= 11 is 0. The van der Waals surface area contributed by atoms with Crippen molar-refractivity contribution in [3.63, 3.8) is 0 Å². The molecule has 1 rings (SSSR count). The molecule has 132 valence electrons. The molecule has 0 saturated heterocycles. The van der Waals surface area contributed by atoms with Gasteiger partial charge in [0, 0.05) is 0 Å². The summed E-state index contributed by atoms with van der Waals surface area (Å²) in [5, 5.41) is 4.99. The third-order valence-corrected chi connectivity index (χ3v) is 3.36. The average Bonchev–Trinajstić information content (AvgIpc) is 2.57. The largest absolute Gasteiger partial charge is 0.467 e. The number of amides is 2. The molecule has 1 aromatic rings. The van der Waals surface area contributed by atoms with Gasteiger partial charge in [-0.15, -0.1) is 0 Å². The van der Waals surface area contributed by atoms with Crippen LogP contribution in [-0.4, -0.2) is 37.2 Å². The predicted molar refractivity (Wildman–Crippen MR) is 88.0 cm³/mol. The van der Waals surface area contributed by atoms with Crippen LogP contribution in [-0.2, 0) is 25.7 Å². The Morgan fingerprint density at radius 2 is 1.67 bits per heavy atom. The van der Waals surface area contributed by atoms with Crippen molar-refractivity contribution in [2.24, 2.45) is 5.92 Å². The van der Waals surface area contributed by atoms with E-state index in [9.17, 15) is 14.4 Å². The van der Waals surface area contributed by atoms with Crippen molar-refractivity contribution < 1.29 is 23.9 Å². The zero-order chi connectivity index (χ0) is 18.1. The van der Waals surface area contributed by atoms with Gasteiger partial charge in [0.25, 0.3) is 0 Å². The predicted octanol–water partition coefficient (Wildman–Crippen LogP) is 1.62. The van der Waals surface area contributed by atoms with Gasteiger partial charge in [0.05, 0.1) is 7.11 Å². The fourth-order valence-electron chi connectivity index (χ4n) is 1.91. The van der Waals surface area contributed by atoms with E-state index in [1.807, 2.05) is 30.3 Å². The van der Waals surface area contributed by atoms with Crippen molar-refractivity contribution in [2.45, 2.75) is 39.5 Å². The van der Waals surface area contributed by atoms with E-state index in [1.165, 1.54) is 14.0 Å². The molecule has 0 spiro atoms. The number of carbonyl (C=O) groups excluding carboxylic acids is 3. The molecular weight excluding hydrogens is 312 g/mol. The number of hydrogen-bond acceptors (Lipinski definition) is 5. The molecule has 7 nitrogen and oxygen atoms in total. The highest BCUT2D eigenvalue weighted by Crippen LogP contribution is 2.04. The van der Waals surface area contributed by atoms with Gasteiger partial charge in [-0.25, -0.2) is 9.59 Å². The number of alkyl carbamates (subject to hydrolysis) is 1. The summed E-state index contributed by atoms with van der Waals surface area (Å²) in [6.07, 6.45) is -0.708. The third kappa shape index (κ3) is 6.28. The van der Waals surface area contributed by atoms with Crippen LogP contribution >= 0.6 is 0 Å². The van der Waals surface area contributed by atoms with E-state index >= 15 is 0 Å². The van der Waals surface area contributed by atoms with Crippen LogP contribution in [0.5, 0.6) is 0 Å². The van der Waals surface area contributed by atoms with Gasteiger partial charge in [-0.3, -0.25) is 4.79 Å². The highest BCUT2D eigenvalue weighted by molar-refractivity contribution is 5.89. The fraction of sp³-hybridized carbons (Fsp3) is 0.471. The molecule has 0 radical (unpaired) electrons. The minimum atomic E-state index is -0.848. The zero-order valence-corrected chi connectivity index (χ0v) is 14.4. The molecule has 0 aliphatic rings. The number of nitrogens with one attached hydrogen (secondary N) is 2. The Hall–Kier alpha value is -2.57. The summed E-state index contributed by atoms with van der Waals surface area (Å²) in [6, 6.07) is 7.57. The number of esters is 1. The standard InChI is InChI=1S/C17H24N2O5/c1-11(2)14(16(21)23-4)19-15(20)12(3)18-17(22)24-10-13-8-6-5-7-9-13/h5-9,11-12,14H,10H2,1-4H3,(H,18,22)(H,19,20)/t12-,14+/m0/s1. The van der Waals surface area contributed by atoms with E-state index in [0.29, 0.717) is 0 Å². The molecule has 2 N–H and O–H groups in total. The lowest BCUT2D eigenvalue weighted by Gasteiger charge is -2.22. The number of carbonyl (C=O) groups is 3. The van der Waals surface area contributed by atoms with Crippen LogP contribution in [0.3, 0.4) is 0 Å². The van der Waals surface area contributed by atoms with Crippen LogP contribution in [0.25, 0.3) is 0 Å². The maximum Gasteiger partial charge on any atom is 0.408 e. The Labute approximate surface area is 141 Å². The van der Waals surface area contributed by atoms with Crippen LogP contribution in [0.15, 0.2) is 30.3 Å². The van der Waals surface area contributed by atoms with E-state index in [0.717, 1.165) is 5.56 Å². The molecule has 0 aliphatic carbocycles. The number of ether oxygens (including phenoxy) is 2. The monoisotopic (exact) mass is 336 g/mol. The number of hydrogen-bond donors (Lipinski definition) is 2. The molecule has 0 bridgehead atoms. The Balaban J connectivity index is 2.47. The quantitative estimate of drug-likeness (QED) is 0.738. The molecule has 0 fully saturated rings.